The van der Waals surface area contributed by atoms with Crippen LogP contribution in [0, 0.1) is 13.8 Å². The van der Waals surface area contributed by atoms with Gasteiger partial charge in [-0.2, -0.15) is 0 Å². The first-order valence-corrected chi connectivity index (χ1v) is 6.39. The first-order chi connectivity index (χ1) is 8.54. The average molecular weight is 249 g/mol. The van der Waals surface area contributed by atoms with Crippen LogP contribution in [-0.4, -0.2) is 26.0 Å². The van der Waals surface area contributed by atoms with E-state index in [-0.39, 0.29) is 5.78 Å². The molecule has 0 aromatic heterocycles. The fraction of sp³-hybridized carbons (Fsp3) is 0.533. The molecule has 1 aromatic rings. The van der Waals surface area contributed by atoms with E-state index < -0.39 is 0 Å². The Balaban J connectivity index is 2.46. The maximum Gasteiger partial charge on any atom is 0.131 e. The Labute approximate surface area is 110 Å². The summed E-state index contributed by atoms with van der Waals surface area (Å²) in [4.78, 5) is 10.8. The third-order valence-corrected chi connectivity index (χ3v) is 2.97. The molecule has 1 rings (SSSR count). The predicted octanol–water partition coefficient (Wildman–Crippen LogP) is 2.42. The number of rotatable bonds is 7. The molecule has 0 fully saturated rings. The van der Waals surface area contributed by atoms with Crippen molar-refractivity contribution in [3.63, 3.8) is 0 Å². The first kappa shape index (κ1) is 14.7. The van der Waals surface area contributed by atoms with Crippen molar-refractivity contribution in [1.82, 2.24) is 5.32 Å². The number of ketones is 1. The van der Waals surface area contributed by atoms with E-state index in [9.17, 15) is 4.79 Å². The van der Waals surface area contributed by atoms with Gasteiger partial charge in [-0.3, -0.25) is 4.79 Å². The maximum absolute atomic E-state index is 10.8. The van der Waals surface area contributed by atoms with Crippen LogP contribution in [0.1, 0.15) is 30.0 Å². The van der Waals surface area contributed by atoms with Crippen molar-refractivity contribution in [2.75, 3.05) is 20.2 Å². The smallest absolute Gasteiger partial charge is 0.131 e. The van der Waals surface area contributed by atoms with Gasteiger partial charge >= 0.3 is 0 Å². The fourth-order valence-electron chi connectivity index (χ4n) is 2.13. The summed E-state index contributed by atoms with van der Waals surface area (Å²) in [5, 5.41) is 3.28. The van der Waals surface area contributed by atoms with E-state index in [1.807, 2.05) is 0 Å². The van der Waals surface area contributed by atoms with E-state index in [0.717, 1.165) is 25.3 Å². The van der Waals surface area contributed by atoms with Gasteiger partial charge in [0.05, 0.1) is 7.11 Å². The highest BCUT2D eigenvalue weighted by molar-refractivity contribution is 5.75. The molecule has 0 aliphatic carbocycles. The summed E-state index contributed by atoms with van der Waals surface area (Å²) in [6.07, 6.45) is 1.59. The van der Waals surface area contributed by atoms with Crippen LogP contribution in [0.25, 0.3) is 0 Å². The number of Topliss-reactive ketones (excluding diaryl/α,β-unsaturated/α-hetero) is 1. The standard InChI is InChI=1S/C15H23NO2/c1-11-9-14(10-12(2)15(11)18-4)6-8-16-7-5-13(3)17/h9-10,16H,5-8H2,1-4H3. The van der Waals surface area contributed by atoms with Crippen LogP contribution in [0.15, 0.2) is 12.1 Å². The van der Waals surface area contributed by atoms with Crippen molar-refractivity contribution >= 4 is 5.78 Å². The zero-order chi connectivity index (χ0) is 13.5. The van der Waals surface area contributed by atoms with E-state index in [0.29, 0.717) is 6.42 Å². The molecule has 0 heterocycles. The zero-order valence-electron chi connectivity index (χ0n) is 11.8. The number of nitrogens with one attached hydrogen (secondary N) is 1. The lowest BCUT2D eigenvalue weighted by atomic mass is 10.0. The van der Waals surface area contributed by atoms with E-state index in [4.69, 9.17) is 4.74 Å². The van der Waals surface area contributed by atoms with Crippen LogP contribution in [-0.2, 0) is 11.2 Å². The summed E-state index contributed by atoms with van der Waals surface area (Å²) < 4.78 is 5.35. The number of hydrogen-bond acceptors (Lipinski definition) is 3. The van der Waals surface area contributed by atoms with Crippen molar-refractivity contribution < 1.29 is 9.53 Å². The summed E-state index contributed by atoms with van der Waals surface area (Å²) >= 11 is 0. The fourth-order valence-corrected chi connectivity index (χ4v) is 2.13. The molecular weight excluding hydrogens is 226 g/mol. The highest BCUT2D eigenvalue weighted by atomic mass is 16.5. The molecular formula is C15H23NO2. The minimum absolute atomic E-state index is 0.235. The summed E-state index contributed by atoms with van der Waals surface area (Å²) in [5.74, 6) is 1.21. The lowest BCUT2D eigenvalue weighted by Crippen LogP contribution is -2.20. The van der Waals surface area contributed by atoms with Crippen molar-refractivity contribution in [2.24, 2.45) is 0 Å². The zero-order valence-corrected chi connectivity index (χ0v) is 11.8. The quantitative estimate of drug-likeness (QED) is 0.754. The molecule has 1 N–H and O–H groups in total. The highest BCUT2D eigenvalue weighted by Gasteiger charge is 2.04. The van der Waals surface area contributed by atoms with Crippen LogP contribution in [0.3, 0.4) is 0 Å². The molecule has 0 atom stereocenters. The van der Waals surface area contributed by atoms with Crippen LogP contribution in [0.5, 0.6) is 5.75 Å². The number of ether oxygens (including phenoxy) is 1. The summed E-state index contributed by atoms with van der Waals surface area (Å²) in [5.41, 5.74) is 3.66. The SMILES string of the molecule is COc1c(C)cc(CCNCCC(C)=O)cc1C. The predicted molar refractivity (Wildman–Crippen MR) is 74.3 cm³/mol. The minimum Gasteiger partial charge on any atom is -0.496 e. The monoisotopic (exact) mass is 249 g/mol. The highest BCUT2D eigenvalue weighted by Crippen LogP contribution is 2.24. The van der Waals surface area contributed by atoms with E-state index in [1.54, 1.807) is 14.0 Å². The second kappa shape index (κ2) is 7.17. The number of hydrogen-bond donors (Lipinski definition) is 1. The Morgan fingerprint density at radius 3 is 2.33 bits per heavy atom. The third kappa shape index (κ3) is 4.49. The van der Waals surface area contributed by atoms with Gasteiger partial charge in [-0.25, -0.2) is 0 Å². The van der Waals surface area contributed by atoms with Crippen LogP contribution in [0.2, 0.25) is 0 Å². The van der Waals surface area contributed by atoms with E-state index >= 15 is 0 Å². The molecule has 100 valence electrons. The number of carbonyl (C=O) groups excluding carboxylic acids is 1. The van der Waals surface area contributed by atoms with Crippen LogP contribution in [0.4, 0.5) is 0 Å². The number of carbonyl (C=O) groups is 1. The van der Waals surface area contributed by atoms with Gasteiger partial charge in [0.2, 0.25) is 0 Å². The first-order valence-electron chi connectivity index (χ1n) is 6.39. The Hall–Kier alpha value is -1.35. The van der Waals surface area contributed by atoms with Gasteiger partial charge in [0, 0.05) is 13.0 Å². The van der Waals surface area contributed by atoms with Gasteiger partial charge in [0.25, 0.3) is 0 Å². The molecule has 1 aromatic carbocycles. The van der Waals surface area contributed by atoms with E-state index in [1.165, 1.54) is 16.7 Å². The Bertz CT molecular complexity index is 390. The van der Waals surface area contributed by atoms with Crippen molar-refractivity contribution in [3.8, 4) is 5.75 Å². The van der Waals surface area contributed by atoms with E-state index in [2.05, 4.69) is 31.3 Å². The number of methoxy groups -OCH3 is 1. The Morgan fingerprint density at radius 1 is 1.22 bits per heavy atom. The average Bonchev–Trinajstić information content (AvgIpc) is 2.27. The Morgan fingerprint density at radius 2 is 1.83 bits per heavy atom. The molecule has 0 aliphatic heterocycles. The van der Waals surface area contributed by atoms with Gasteiger partial charge in [-0.15, -0.1) is 0 Å². The summed E-state index contributed by atoms with van der Waals surface area (Å²) in [6, 6.07) is 4.33. The summed E-state index contributed by atoms with van der Waals surface area (Å²) in [6.45, 7) is 7.43. The molecule has 3 heteroatoms. The van der Waals surface area contributed by atoms with Crippen molar-refractivity contribution in [3.05, 3.63) is 28.8 Å². The van der Waals surface area contributed by atoms with Gasteiger partial charge in [0.1, 0.15) is 11.5 Å². The van der Waals surface area contributed by atoms with Crippen molar-refractivity contribution in [1.29, 1.82) is 0 Å². The van der Waals surface area contributed by atoms with Gasteiger partial charge < -0.3 is 10.1 Å². The molecule has 0 spiro atoms. The molecule has 0 aliphatic rings. The topological polar surface area (TPSA) is 38.3 Å². The van der Waals surface area contributed by atoms with Gasteiger partial charge in [-0.1, -0.05) is 12.1 Å². The van der Waals surface area contributed by atoms with Crippen LogP contribution >= 0.6 is 0 Å². The number of aryl methyl sites for hydroxylation is 2. The number of benzene rings is 1. The molecule has 0 bridgehead atoms. The Kier molecular flexibility index (Phi) is 5.86. The maximum atomic E-state index is 10.8. The molecule has 0 radical (unpaired) electrons. The molecule has 0 unspecified atom stereocenters. The minimum atomic E-state index is 0.235. The van der Waals surface area contributed by atoms with Gasteiger partial charge in [0.15, 0.2) is 0 Å². The second-order valence-corrected chi connectivity index (χ2v) is 4.71. The molecule has 0 amide bonds. The molecule has 3 nitrogen and oxygen atoms in total. The second-order valence-electron chi connectivity index (χ2n) is 4.71. The lowest BCUT2D eigenvalue weighted by Gasteiger charge is -2.11. The lowest BCUT2D eigenvalue weighted by molar-refractivity contribution is -0.116. The largest absolute Gasteiger partial charge is 0.496 e. The third-order valence-electron chi connectivity index (χ3n) is 2.97. The van der Waals surface area contributed by atoms with Crippen LogP contribution < -0.4 is 10.1 Å². The van der Waals surface area contributed by atoms with Gasteiger partial charge in [-0.05, 0) is 50.4 Å². The summed E-state index contributed by atoms with van der Waals surface area (Å²) in [7, 11) is 1.71. The molecule has 0 saturated carbocycles. The molecule has 0 saturated heterocycles. The molecule has 18 heavy (non-hydrogen) atoms. The normalized spacial score (nSPS) is 10.4. The van der Waals surface area contributed by atoms with Crippen molar-refractivity contribution in [2.45, 2.75) is 33.6 Å².